The Balaban J connectivity index is 1.51. The molecule has 0 radical (unpaired) electrons. The van der Waals surface area contributed by atoms with E-state index in [0.29, 0.717) is 51.6 Å². The van der Waals surface area contributed by atoms with E-state index in [9.17, 15) is 0 Å². The van der Waals surface area contributed by atoms with Gasteiger partial charge in [-0.05, 0) is 38.9 Å². The zero-order valence-electron chi connectivity index (χ0n) is 18.4. The number of nitrogens with zero attached hydrogens (tertiary/aromatic N) is 5. The van der Waals surface area contributed by atoms with Crippen molar-refractivity contribution in [3.05, 3.63) is 35.8 Å². The summed E-state index contributed by atoms with van der Waals surface area (Å²) < 4.78 is 29.6. The zero-order chi connectivity index (χ0) is 22.1. The highest BCUT2D eigenvalue weighted by atomic mass is 19.1. The number of aromatic nitrogens is 5. The number of hydrogen-bond donors (Lipinski definition) is 2. The van der Waals surface area contributed by atoms with E-state index >= 15 is 4.39 Å². The van der Waals surface area contributed by atoms with Gasteiger partial charge in [-0.15, -0.1) is 0 Å². The molecular formula is C22H28FN7O2. The van der Waals surface area contributed by atoms with E-state index in [-0.39, 0.29) is 6.54 Å². The third kappa shape index (κ3) is 3.95. The van der Waals surface area contributed by atoms with Gasteiger partial charge in [0.15, 0.2) is 0 Å². The molecule has 1 saturated heterocycles. The summed E-state index contributed by atoms with van der Waals surface area (Å²) >= 11 is 0. The SMILES string of the molecule is COc1ncc(-n2nc(-c3cnn(CC4(F)CCNCC4)c3)c3c2NCOCC3)cc1C. The highest BCUT2D eigenvalue weighted by Gasteiger charge is 2.32. The summed E-state index contributed by atoms with van der Waals surface area (Å²) in [5.74, 6) is 1.46. The van der Waals surface area contributed by atoms with Crippen LogP contribution in [0.3, 0.4) is 0 Å². The predicted octanol–water partition coefficient (Wildman–Crippen LogP) is 2.48. The van der Waals surface area contributed by atoms with Crippen molar-refractivity contribution in [2.45, 2.75) is 38.4 Å². The molecule has 2 aliphatic heterocycles. The molecule has 0 aromatic carbocycles. The quantitative estimate of drug-likeness (QED) is 0.629. The van der Waals surface area contributed by atoms with E-state index in [1.807, 2.05) is 23.9 Å². The fraction of sp³-hybridized carbons (Fsp3) is 0.500. The number of fused-ring (bicyclic) bond motifs is 1. The Hall–Kier alpha value is -2.98. The van der Waals surface area contributed by atoms with Gasteiger partial charge in [-0.3, -0.25) is 4.68 Å². The molecule has 170 valence electrons. The topological polar surface area (TPSA) is 91.0 Å². The summed E-state index contributed by atoms with van der Waals surface area (Å²) in [6, 6.07) is 1.99. The number of hydrogen-bond acceptors (Lipinski definition) is 7. The van der Waals surface area contributed by atoms with Crippen molar-refractivity contribution in [3.63, 3.8) is 0 Å². The van der Waals surface area contributed by atoms with Gasteiger partial charge >= 0.3 is 0 Å². The second kappa shape index (κ2) is 8.51. The first-order valence-electron chi connectivity index (χ1n) is 10.9. The number of piperidine rings is 1. The molecule has 0 amide bonds. The maximum atomic E-state index is 15.2. The first-order chi connectivity index (χ1) is 15.6. The summed E-state index contributed by atoms with van der Waals surface area (Å²) in [7, 11) is 1.61. The second-order valence-corrected chi connectivity index (χ2v) is 8.41. The van der Waals surface area contributed by atoms with Gasteiger partial charge in [0.1, 0.15) is 23.9 Å². The lowest BCUT2D eigenvalue weighted by molar-refractivity contribution is 0.0895. The number of rotatable bonds is 5. The van der Waals surface area contributed by atoms with Crippen molar-refractivity contribution in [2.24, 2.45) is 0 Å². The number of pyridine rings is 1. The smallest absolute Gasteiger partial charge is 0.216 e. The van der Waals surface area contributed by atoms with E-state index in [1.165, 1.54) is 0 Å². The molecule has 32 heavy (non-hydrogen) atoms. The Morgan fingerprint density at radius 1 is 1.28 bits per heavy atom. The highest BCUT2D eigenvalue weighted by molar-refractivity contribution is 5.70. The minimum absolute atomic E-state index is 0.251. The molecule has 0 aliphatic carbocycles. The molecule has 3 aromatic rings. The summed E-state index contributed by atoms with van der Waals surface area (Å²) in [5, 5.41) is 15.9. The van der Waals surface area contributed by atoms with Crippen molar-refractivity contribution in [1.29, 1.82) is 0 Å². The van der Waals surface area contributed by atoms with Crippen LogP contribution in [0.15, 0.2) is 24.7 Å². The molecule has 5 rings (SSSR count). The average Bonchev–Trinajstić information content (AvgIpc) is 3.30. The number of anilines is 1. The molecule has 2 aliphatic rings. The minimum atomic E-state index is -1.23. The zero-order valence-corrected chi connectivity index (χ0v) is 18.4. The molecule has 0 spiro atoms. The van der Waals surface area contributed by atoms with Gasteiger partial charge in [0.05, 0.1) is 38.3 Å². The minimum Gasteiger partial charge on any atom is -0.481 e. The maximum absolute atomic E-state index is 15.2. The van der Waals surface area contributed by atoms with Crippen molar-refractivity contribution >= 4 is 5.82 Å². The normalized spacial score (nSPS) is 18.0. The molecule has 0 bridgehead atoms. The van der Waals surface area contributed by atoms with Crippen molar-refractivity contribution in [3.8, 4) is 22.8 Å². The first kappa shape index (κ1) is 20.9. The van der Waals surface area contributed by atoms with E-state index in [0.717, 1.165) is 33.9 Å². The lowest BCUT2D eigenvalue weighted by Gasteiger charge is -2.29. The first-order valence-corrected chi connectivity index (χ1v) is 10.9. The van der Waals surface area contributed by atoms with Gasteiger partial charge in [0, 0.05) is 29.3 Å². The van der Waals surface area contributed by atoms with Crippen LogP contribution >= 0.6 is 0 Å². The van der Waals surface area contributed by atoms with Crippen LogP contribution in [0, 0.1) is 6.92 Å². The summed E-state index contributed by atoms with van der Waals surface area (Å²) in [4.78, 5) is 4.40. The Morgan fingerprint density at radius 3 is 2.91 bits per heavy atom. The van der Waals surface area contributed by atoms with Crippen molar-refractivity contribution in [1.82, 2.24) is 29.9 Å². The van der Waals surface area contributed by atoms with Crippen LogP contribution in [0.1, 0.15) is 24.0 Å². The van der Waals surface area contributed by atoms with E-state index < -0.39 is 5.67 Å². The summed E-state index contributed by atoms with van der Waals surface area (Å²) in [6.45, 7) is 4.59. The Bertz CT molecular complexity index is 1100. The molecule has 3 aromatic heterocycles. The summed E-state index contributed by atoms with van der Waals surface area (Å²) in [5.41, 5.74) is 3.24. The molecular weight excluding hydrogens is 413 g/mol. The van der Waals surface area contributed by atoms with Gasteiger partial charge in [0.25, 0.3) is 0 Å². The maximum Gasteiger partial charge on any atom is 0.216 e. The van der Waals surface area contributed by atoms with Gasteiger partial charge in [-0.2, -0.15) is 10.2 Å². The largest absolute Gasteiger partial charge is 0.481 e. The van der Waals surface area contributed by atoms with Crippen LogP contribution in [-0.2, 0) is 17.7 Å². The molecule has 10 heteroatoms. The predicted molar refractivity (Wildman–Crippen MR) is 118 cm³/mol. The Morgan fingerprint density at radius 2 is 2.12 bits per heavy atom. The molecule has 5 heterocycles. The standard InChI is InChI=1S/C22H28FN7O2/c1-15-9-17(11-25-21(15)31-2)30-20-18(3-8-32-14-26-20)19(28-30)16-10-27-29(12-16)13-22(23)4-6-24-7-5-22/h9-12,24,26H,3-8,13-14H2,1-2H3. The van der Waals surface area contributed by atoms with Crippen LogP contribution in [0.5, 0.6) is 5.88 Å². The van der Waals surface area contributed by atoms with Gasteiger partial charge in [-0.25, -0.2) is 14.1 Å². The van der Waals surface area contributed by atoms with Gasteiger partial charge in [0.2, 0.25) is 5.88 Å². The Labute approximate surface area is 185 Å². The monoisotopic (exact) mass is 441 g/mol. The molecule has 9 nitrogen and oxygen atoms in total. The third-order valence-corrected chi connectivity index (χ3v) is 6.13. The molecule has 0 atom stereocenters. The highest BCUT2D eigenvalue weighted by Crippen LogP contribution is 2.34. The third-order valence-electron chi connectivity index (χ3n) is 6.13. The number of nitrogens with one attached hydrogen (secondary N) is 2. The fourth-order valence-electron chi connectivity index (χ4n) is 4.43. The second-order valence-electron chi connectivity index (χ2n) is 8.41. The van der Waals surface area contributed by atoms with Crippen LogP contribution in [0.2, 0.25) is 0 Å². The molecule has 0 saturated carbocycles. The van der Waals surface area contributed by atoms with Gasteiger partial charge in [-0.1, -0.05) is 0 Å². The van der Waals surface area contributed by atoms with E-state index in [1.54, 1.807) is 24.2 Å². The van der Waals surface area contributed by atoms with Crippen molar-refractivity contribution in [2.75, 3.05) is 38.9 Å². The summed E-state index contributed by atoms with van der Waals surface area (Å²) in [6.07, 6.45) is 7.10. The number of ether oxygens (including phenoxy) is 2. The molecule has 1 fully saturated rings. The van der Waals surface area contributed by atoms with Gasteiger partial charge < -0.3 is 20.1 Å². The van der Waals surface area contributed by atoms with E-state index in [4.69, 9.17) is 14.6 Å². The lowest BCUT2D eigenvalue weighted by Crippen LogP contribution is -2.41. The van der Waals surface area contributed by atoms with Crippen LogP contribution in [-0.4, -0.2) is 63.8 Å². The van der Waals surface area contributed by atoms with Crippen LogP contribution < -0.4 is 15.4 Å². The molecule has 0 unspecified atom stereocenters. The number of halogens is 1. The Kier molecular flexibility index (Phi) is 5.56. The number of alkyl halides is 1. The van der Waals surface area contributed by atoms with Crippen molar-refractivity contribution < 1.29 is 13.9 Å². The number of methoxy groups -OCH3 is 1. The average molecular weight is 442 g/mol. The van der Waals surface area contributed by atoms with Crippen LogP contribution in [0.4, 0.5) is 10.2 Å². The fourth-order valence-corrected chi connectivity index (χ4v) is 4.43. The molecule has 2 N–H and O–H groups in total. The number of aryl methyl sites for hydroxylation is 1. The van der Waals surface area contributed by atoms with E-state index in [2.05, 4.69) is 20.7 Å². The van der Waals surface area contributed by atoms with Crippen LogP contribution in [0.25, 0.3) is 16.9 Å². The lowest BCUT2D eigenvalue weighted by atomic mass is 9.94.